The number of aromatic nitrogens is 1. The minimum atomic E-state index is -0.510. The maximum Gasteiger partial charge on any atom is 0.354 e. The van der Waals surface area contributed by atoms with Gasteiger partial charge in [0, 0.05) is 17.8 Å². The fourth-order valence-electron chi connectivity index (χ4n) is 2.95. The van der Waals surface area contributed by atoms with Crippen LogP contribution in [0, 0.1) is 6.92 Å². The van der Waals surface area contributed by atoms with Gasteiger partial charge in [-0.1, -0.05) is 25.1 Å². The van der Waals surface area contributed by atoms with Gasteiger partial charge < -0.3 is 19.0 Å². The molecule has 3 aromatic rings. The number of nitrogens with one attached hydrogen (secondary N) is 1. The van der Waals surface area contributed by atoms with E-state index >= 15 is 0 Å². The van der Waals surface area contributed by atoms with Gasteiger partial charge in [0.2, 0.25) is 5.91 Å². The lowest BCUT2D eigenvalue weighted by Crippen LogP contribution is -2.22. The molecule has 1 amide bonds. The molecule has 0 aliphatic rings. The maximum atomic E-state index is 12.6. The normalized spacial score (nSPS) is 10.8. The highest BCUT2D eigenvalue weighted by Gasteiger charge is 2.20. The van der Waals surface area contributed by atoms with Crippen molar-refractivity contribution in [2.45, 2.75) is 26.8 Å². The number of anilines is 1. The van der Waals surface area contributed by atoms with Crippen LogP contribution in [0.4, 0.5) is 5.69 Å². The minimum absolute atomic E-state index is 0.00897. The van der Waals surface area contributed by atoms with E-state index in [2.05, 4.69) is 5.32 Å². The third kappa shape index (κ3) is 3.15. The van der Waals surface area contributed by atoms with Crippen molar-refractivity contribution in [3.63, 3.8) is 0 Å². The van der Waals surface area contributed by atoms with Gasteiger partial charge in [-0.05, 0) is 24.5 Å². The molecular formula is C19H20N2O4. The van der Waals surface area contributed by atoms with E-state index in [1.165, 1.54) is 13.4 Å². The molecule has 1 aromatic carbocycles. The Kier molecular flexibility index (Phi) is 4.61. The third-order valence-electron chi connectivity index (χ3n) is 4.22. The summed E-state index contributed by atoms with van der Waals surface area (Å²) in [4.78, 5) is 24.6. The third-order valence-corrected chi connectivity index (χ3v) is 4.22. The Morgan fingerprint density at radius 1 is 1.28 bits per heavy atom. The monoisotopic (exact) mass is 340 g/mol. The van der Waals surface area contributed by atoms with Gasteiger partial charge in [-0.3, -0.25) is 4.79 Å². The number of rotatable bonds is 5. The standard InChI is InChI=1S/C19H20N2O4/c1-4-13-7-5-6-12(2)18(13)20-17(22)11-21-14-8-9-25-16(14)10-15(21)19(23)24-3/h5-10H,4,11H2,1-3H3,(H,20,22). The van der Waals surface area contributed by atoms with Crippen LogP contribution in [0.25, 0.3) is 11.1 Å². The summed E-state index contributed by atoms with van der Waals surface area (Å²) in [6.45, 7) is 3.99. The summed E-state index contributed by atoms with van der Waals surface area (Å²) in [6, 6.07) is 9.23. The minimum Gasteiger partial charge on any atom is -0.464 e. The van der Waals surface area contributed by atoms with Crippen LogP contribution in [-0.4, -0.2) is 23.6 Å². The maximum absolute atomic E-state index is 12.6. The summed E-state index contributed by atoms with van der Waals surface area (Å²) in [5, 5.41) is 2.97. The number of para-hydroxylation sites is 1. The van der Waals surface area contributed by atoms with E-state index in [0.29, 0.717) is 11.1 Å². The van der Waals surface area contributed by atoms with Crippen LogP contribution >= 0.6 is 0 Å². The largest absolute Gasteiger partial charge is 0.464 e. The zero-order chi connectivity index (χ0) is 18.0. The fraction of sp³-hybridized carbons (Fsp3) is 0.263. The van der Waals surface area contributed by atoms with Gasteiger partial charge in [-0.25, -0.2) is 4.79 Å². The van der Waals surface area contributed by atoms with Crippen LogP contribution in [-0.2, 0) is 22.5 Å². The Hall–Kier alpha value is -3.02. The molecule has 0 aliphatic carbocycles. The molecule has 0 bridgehead atoms. The number of aryl methyl sites for hydroxylation is 2. The predicted octanol–water partition coefficient (Wildman–Crippen LogP) is 3.53. The van der Waals surface area contributed by atoms with E-state index in [0.717, 1.165) is 23.2 Å². The number of amides is 1. The lowest BCUT2D eigenvalue weighted by molar-refractivity contribution is -0.116. The first-order chi connectivity index (χ1) is 12.0. The molecule has 0 radical (unpaired) electrons. The number of carbonyl (C=O) groups is 2. The zero-order valence-corrected chi connectivity index (χ0v) is 14.5. The second-order valence-corrected chi connectivity index (χ2v) is 5.79. The van der Waals surface area contributed by atoms with E-state index in [1.54, 1.807) is 16.7 Å². The Balaban J connectivity index is 1.90. The summed E-state index contributed by atoms with van der Waals surface area (Å²) < 4.78 is 11.7. The van der Waals surface area contributed by atoms with Crippen molar-refractivity contribution in [2.75, 3.05) is 12.4 Å². The van der Waals surface area contributed by atoms with Gasteiger partial charge in [0.05, 0.1) is 18.9 Å². The van der Waals surface area contributed by atoms with E-state index in [4.69, 9.17) is 9.15 Å². The predicted molar refractivity (Wildman–Crippen MR) is 94.7 cm³/mol. The first-order valence-electron chi connectivity index (χ1n) is 8.08. The number of benzene rings is 1. The van der Waals surface area contributed by atoms with E-state index in [-0.39, 0.29) is 18.1 Å². The quantitative estimate of drug-likeness (QED) is 0.721. The molecule has 0 atom stereocenters. The number of hydrogen-bond donors (Lipinski definition) is 1. The zero-order valence-electron chi connectivity index (χ0n) is 14.5. The summed E-state index contributed by atoms with van der Waals surface area (Å²) in [6.07, 6.45) is 2.34. The Bertz CT molecular complexity index is 936. The lowest BCUT2D eigenvalue weighted by atomic mass is 10.1. The number of methoxy groups -OCH3 is 1. The summed E-state index contributed by atoms with van der Waals surface area (Å²) in [7, 11) is 1.31. The highest BCUT2D eigenvalue weighted by atomic mass is 16.5. The van der Waals surface area contributed by atoms with Gasteiger partial charge in [0.15, 0.2) is 5.58 Å². The average molecular weight is 340 g/mol. The first-order valence-corrected chi connectivity index (χ1v) is 8.08. The molecular weight excluding hydrogens is 320 g/mol. The molecule has 0 unspecified atom stereocenters. The average Bonchev–Trinajstić information content (AvgIpc) is 3.18. The summed E-state index contributed by atoms with van der Waals surface area (Å²) >= 11 is 0. The van der Waals surface area contributed by atoms with Crippen LogP contribution < -0.4 is 5.32 Å². The Labute approximate surface area is 145 Å². The Morgan fingerprint density at radius 2 is 2.08 bits per heavy atom. The summed E-state index contributed by atoms with van der Waals surface area (Å²) in [5.41, 5.74) is 4.40. The Morgan fingerprint density at radius 3 is 2.80 bits per heavy atom. The lowest BCUT2D eigenvalue weighted by Gasteiger charge is -2.14. The van der Waals surface area contributed by atoms with Crippen LogP contribution in [0.15, 0.2) is 41.0 Å². The van der Waals surface area contributed by atoms with E-state index < -0.39 is 5.97 Å². The van der Waals surface area contributed by atoms with Gasteiger partial charge in [0.1, 0.15) is 12.2 Å². The number of esters is 1. The molecule has 1 N–H and O–H groups in total. The van der Waals surface area contributed by atoms with Crippen LogP contribution in [0.3, 0.4) is 0 Å². The number of furan rings is 1. The van der Waals surface area contributed by atoms with Crippen molar-refractivity contribution in [1.82, 2.24) is 4.57 Å². The van der Waals surface area contributed by atoms with Gasteiger partial charge >= 0.3 is 5.97 Å². The molecule has 0 aliphatic heterocycles. The number of carbonyl (C=O) groups excluding carboxylic acids is 2. The van der Waals surface area contributed by atoms with Crippen LogP contribution in [0.5, 0.6) is 0 Å². The molecule has 0 fully saturated rings. The number of nitrogens with zero attached hydrogens (tertiary/aromatic N) is 1. The fourth-order valence-corrected chi connectivity index (χ4v) is 2.95. The highest BCUT2D eigenvalue weighted by Crippen LogP contribution is 2.24. The van der Waals surface area contributed by atoms with Crippen molar-refractivity contribution in [3.05, 3.63) is 53.4 Å². The van der Waals surface area contributed by atoms with E-state index in [1.807, 2.05) is 32.0 Å². The molecule has 6 nitrogen and oxygen atoms in total. The van der Waals surface area contributed by atoms with Crippen molar-refractivity contribution in [3.8, 4) is 0 Å². The van der Waals surface area contributed by atoms with Crippen molar-refractivity contribution >= 4 is 28.7 Å². The van der Waals surface area contributed by atoms with Crippen LogP contribution in [0.1, 0.15) is 28.5 Å². The van der Waals surface area contributed by atoms with Gasteiger partial charge in [-0.2, -0.15) is 0 Å². The number of ether oxygens (including phenoxy) is 1. The number of fused-ring (bicyclic) bond motifs is 1. The molecule has 2 heterocycles. The molecule has 0 spiro atoms. The van der Waals surface area contributed by atoms with Crippen molar-refractivity contribution in [2.24, 2.45) is 0 Å². The van der Waals surface area contributed by atoms with Crippen LogP contribution in [0.2, 0.25) is 0 Å². The molecule has 25 heavy (non-hydrogen) atoms. The van der Waals surface area contributed by atoms with Gasteiger partial charge in [0.25, 0.3) is 0 Å². The molecule has 0 saturated heterocycles. The molecule has 3 rings (SSSR count). The van der Waals surface area contributed by atoms with Crippen molar-refractivity contribution in [1.29, 1.82) is 0 Å². The second-order valence-electron chi connectivity index (χ2n) is 5.79. The molecule has 0 saturated carbocycles. The second kappa shape index (κ2) is 6.84. The van der Waals surface area contributed by atoms with Crippen molar-refractivity contribution < 1.29 is 18.7 Å². The van der Waals surface area contributed by atoms with Gasteiger partial charge in [-0.15, -0.1) is 0 Å². The molecule has 2 aromatic heterocycles. The summed E-state index contributed by atoms with van der Waals surface area (Å²) in [5.74, 6) is -0.725. The van der Waals surface area contributed by atoms with E-state index in [9.17, 15) is 9.59 Å². The SMILES string of the molecule is CCc1cccc(C)c1NC(=O)Cn1c(C(=O)OC)cc2occc21. The smallest absolute Gasteiger partial charge is 0.354 e. The topological polar surface area (TPSA) is 73.5 Å². The highest BCUT2D eigenvalue weighted by molar-refractivity contribution is 5.97. The number of hydrogen-bond acceptors (Lipinski definition) is 4. The molecule has 6 heteroatoms. The first kappa shape index (κ1) is 16.8. The molecule has 130 valence electrons.